The van der Waals surface area contributed by atoms with Gasteiger partial charge in [0.25, 0.3) is 0 Å². The average Bonchev–Trinajstić information content (AvgIpc) is 2.37. The van der Waals surface area contributed by atoms with Crippen LogP contribution in [0.1, 0.15) is 5.69 Å². The van der Waals surface area contributed by atoms with Gasteiger partial charge in [0.05, 0.1) is 29.1 Å². The van der Waals surface area contributed by atoms with Gasteiger partial charge in [-0.3, -0.25) is 0 Å². The van der Waals surface area contributed by atoms with Gasteiger partial charge in [0.15, 0.2) is 9.84 Å². The van der Waals surface area contributed by atoms with Crippen LogP contribution in [0.3, 0.4) is 0 Å². The van der Waals surface area contributed by atoms with Crippen LogP contribution in [0.25, 0.3) is 0 Å². The smallest absolute Gasteiger partial charge is 0.213 e. The maximum absolute atomic E-state index is 12.4. The number of halogens is 1. The number of hydrogen-bond acceptors (Lipinski definition) is 5. The summed E-state index contributed by atoms with van der Waals surface area (Å²) in [4.78, 5) is 4.20. The number of nitrogens with zero attached hydrogens (tertiary/aromatic N) is 1. The van der Waals surface area contributed by atoms with E-state index in [-0.39, 0.29) is 16.3 Å². The van der Waals surface area contributed by atoms with Crippen molar-refractivity contribution in [3.05, 3.63) is 46.6 Å². The number of benzene rings is 1. The molecular weight excluding hydrogens is 344 g/mol. The molecule has 2 rings (SSSR count). The first-order valence-corrected chi connectivity index (χ1v) is 8.14. The highest BCUT2D eigenvalue weighted by atomic mass is 79.9. The van der Waals surface area contributed by atoms with E-state index in [1.54, 1.807) is 30.3 Å². The Bertz CT molecular complexity index is 732. The zero-order valence-electron chi connectivity index (χ0n) is 10.7. The molecule has 0 radical (unpaired) electrons. The van der Waals surface area contributed by atoms with Crippen molar-refractivity contribution in [3.63, 3.8) is 0 Å². The Kier molecular flexibility index (Phi) is 4.29. The van der Waals surface area contributed by atoms with Crippen molar-refractivity contribution in [2.75, 3.05) is 12.8 Å². The Balaban J connectivity index is 2.35. The Labute approximate surface area is 125 Å². The summed E-state index contributed by atoms with van der Waals surface area (Å²) in [5.74, 6) is 0.150. The summed E-state index contributed by atoms with van der Waals surface area (Å²) in [7, 11) is -2.07. The molecule has 1 heterocycles. The molecule has 1 aromatic carbocycles. The Morgan fingerprint density at radius 3 is 2.70 bits per heavy atom. The zero-order valence-corrected chi connectivity index (χ0v) is 13.1. The molecule has 0 aliphatic rings. The summed E-state index contributed by atoms with van der Waals surface area (Å²) in [6.07, 6.45) is 0. The van der Waals surface area contributed by atoms with E-state index >= 15 is 0 Å². The van der Waals surface area contributed by atoms with E-state index in [2.05, 4.69) is 20.9 Å². The minimum atomic E-state index is -3.55. The highest BCUT2D eigenvalue weighted by Crippen LogP contribution is 2.25. The maximum atomic E-state index is 12.4. The molecule has 1 aromatic heterocycles. The van der Waals surface area contributed by atoms with Gasteiger partial charge >= 0.3 is 0 Å². The van der Waals surface area contributed by atoms with E-state index in [4.69, 9.17) is 10.5 Å². The van der Waals surface area contributed by atoms with E-state index in [1.807, 2.05) is 0 Å². The van der Waals surface area contributed by atoms with Crippen LogP contribution in [0.15, 0.2) is 45.8 Å². The van der Waals surface area contributed by atoms with Crippen molar-refractivity contribution in [3.8, 4) is 5.88 Å². The standard InChI is InChI=1S/C13H13BrN2O3S/c1-19-13-4-2-3-10(16-13)8-20(17,18)12-6-5-9(14)7-11(12)15/h2-7H,8,15H2,1H3. The summed E-state index contributed by atoms with van der Waals surface area (Å²) in [5.41, 5.74) is 6.38. The molecule has 0 saturated heterocycles. The molecular formula is C13H13BrN2O3S. The molecule has 20 heavy (non-hydrogen) atoms. The van der Waals surface area contributed by atoms with E-state index in [0.717, 1.165) is 4.47 Å². The van der Waals surface area contributed by atoms with Crippen molar-refractivity contribution in [1.29, 1.82) is 0 Å². The van der Waals surface area contributed by atoms with Crippen LogP contribution in [0.4, 0.5) is 5.69 Å². The largest absolute Gasteiger partial charge is 0.481 e. The third-order valence-electron chi connectivity index (χ3n) is 2.64. The Morgan fingerprint density at radius 1 is 1.30 bits per heavy atom. The highest BCUT2D eigenvalue weighted by molar-refractivity contribution is 9.10. The fourth-order valence-corrected chi connectivity index (χ4v) is 3.50. The summed E-state index contributed by atoms with van der Waals surface area (Å²) < 4.78 is 30.4. The molecule has 0 aliphatic heterocycles. The van der Waals surface area contributed by atoms with Crippen LogP contribution in [0, 0.1) is 0 Å². The minimum Gasteiger partial charge on any atom is -0.481 e. The van der Waals surface area contributed by atoms with Gasteiger partial charge in [-0.1, -0.05) is 22.0 Å². The van der Waals surface area contributed by atoms with Gasteiger partial charge in [-0.05, 0) is 24.3 Å². The lowest BCUT2D eigenvalue weighted by Crippen LogP contribution is -2.09. The van der Waals surface area contributed by atoms with E-state index in [0.29, 0.717) is 11.6 Å². The number of nitrogen functional groups attached to an aromatic ring is 1. The third kappa shape index (κ3) is 3.29. The number of pyridine rings is 1. The van der Waals surface area contributed by atoms with E-state index in [9.17, 15) is 8.42 Å². The summed E-state index contributed by atoms with van der Waals surface area (Å²) in [5, 5.41) is 0. The lowest BCUT2D eigenvalue weighted by molar-refractivity contribution is 0.396. The normalized spacial score (nSPS) is 11.3. The molecule has 0 atom stereocenters. The third-order valence-corrected chi connectivity index (χ3v) is 4.85. The van der Waals surface area contributed by atoms with Crippen molar-refractivity contribution in [1.82, 2.24) is 4.98 Å². The minimum absolute atomic E-state index is 0.102. The van der Waals surface area contributed by atoms with E-state index < -0.39 is 9.84 Å². The quantitative estimate of drug-likeness (QED) is 0.850. The average molecular weight is 357 g/mol. The summed E-state index contributed by atoms with van der Waals surface area (Å²) in [6.45, 7) is 0. The molecule has 0 saturated carbocycles. The molecule has 0 spiro atoms. The number of sulfone groups is 1. The first-order chi connectivity index (χ1) is 9.42. The highest BCUT2D eigenvalue weighted by Gasteiger charge is 2.19. The van der Waals surface area contributed by atoms with Crippen LogP contribution >= 0.6 is 15.9 Å². The van der Waals surface area contributed by atoms with Crippen molar-refractivity contribution < 1.29 is 13.2 Å². The van der Waals surface area contributed by atoms with Gasteiger partial charge in [0, 0.05) is 10.5 Å². The number of rotatable bonds is 4. The van der Waals surface area contributed by atoms with Gasteiger partial charge in [-0.2, -0.15) is 0 Å². The first kappa shape index (κ1) is 14.8. The first-order valence-electron chi connectivity index (χ1n) is 5.70. The van der Waals surface area contributed by atoms with Crippen LogP contribution < -0.4 is 10.5 Å². The van der Waals surface area contributed by atoms with Gasteiger partial charge in [-0.25, -0.2) is 13.4 Å². The maximum Gasteiger partial charge on any atom is 0.213 e. The van der Waals surface area contributed by atoms with Crippen LogP contribution in [0.2, 0.25) is 0 Å². The van der Waals surface area contributed by atoms with Crippen LogP contribution in [-0.2, 0) is 15.6 Å². The topological polar surface area (TPSA) is 82.3 Å². The number of aromatic nitrogens is 1. The fourth-order valence-electron chi connectivity index (χ4n) is 1.73. The molecule has 2 aromatic rings. The van der Waals surface area contributed by atoms with Crippen molar-refractivity contribution in [2.24, 2.45) is 0 Å². The second-order valence-electron chi connectivity index (χ2n) is 4.11. The molecule has 2 N–H and O–H groups in total. The number of ether oxygens (including phenoxy) is 1. The molecule has 7 heteroatoms. The van der Waals surface area contributed by atoms with Gasteiger partial charge in [0.2, 0.25) is 5.88 Å². The Morgan fingerprint density at radius 2 is 2.05 bits per heavy atom. The van der Waals surface area contributed by atoms with Gasteiger partial charge in [-0.15, -0.1) is 0 Å². The number of nitrogens with two attached hydrogens (primary N) is 1. The molecule has 5 nitrogen and oxygen atoms in total. The lowest BCUT2D eigenvalue weighted by Gasteiger charge is -2.08. The zero-order chi connectivity index (χ0) is 14.8. The second-order valence-corrected chi connectivity index (χ2v) is 6.99. The summed E-state index contributed by atoms with van der Waals surface area (Å²) >= 11 is 3.25. The molecule has 0 aliphatic carbocycles. The molecule has 0 fully saturated rings. The van der Waals surface area contributed by atoms with Crippen molar-refractivity contribution in [2.45, 2.75) is 10.6 Å². The Hall–Kier alpha value is -1.60. The molecule has 0 bridgehead atoms. The predicted molar refractivity (Wildman–Crippen MR) is 80.2 cm³/mol. The molecule has 106 valence electrons. The molecule has 0 unspecified atom stereocenters. The van der Waals surface area contributed by atoms with Crippen molar-refractivity contribution >= 4 is 31.5 Å². The van der Waals surface area contributed by atoms with Gasteiger partial charge in [0.1, 0.15) is 0 Å². The van der Waals surface area contributed by atoms with E-state index in [1.165, 1.54) is 13.2 Å². The summed E-state index contributed by atoms with van der Waals surface area (Å²) in [6, 6.07) is 9.67. The van der Waals surface area contributed by atoms with Gasteiger partial charge < -0.3 is 10.5 Å². The van der Waals surface area contributed by atoms with Crippen LogP contribution in [-0.4, -0.2) is 20.5 Å². The number of anilines is 1. The predicted octanol–water partition coefficient (Wildman–Crippen LogP) is 2.41. The van der Waals surface area contributed by atoms with Crippen LogP contribution in [0.5, 0.6) is 5.88 Å². The second kappa shape index (κ2) is 5.80. The monoisotopic (exact) mass is 356 g/mol. The SMILES string of the molecule is COc1cccc(CS(=O)(=O)c2ccc(Br)cc2N)n1. The number of methoxy groups -OCH3 is 1. The fraction of sp³-hybridized carbons (Fsp3) is 0.154. The number of hydrogen-bond donors (Lipinski definition) is 1. The molecule has 0 amide bonds. The lowest BCUT2D eigenvalue weighted by atomic mass is 10.3.